The summed E-state index contributed by atoms with van der Waals surface area (Å²) in [6.07, 6.45) is 0.510. The Kier molecular flexibility index (Phi) is 4.04. The summed E-state index contributed by atoms with van der Waals surface area (Å²) in [4.78, 5) is 0. The van der Waals surface area contributed by atoms with Crippen LogP contribution in [-0.4, -0.2) is 24.9 Å². The minimum atomic E-state index is -0.222. The summed E-state index contributed by atoms with van der Waals surface area (Å²) in [7, 11) is 1.63. The number of hydrogen-bond donors (Lipinski definition) is 1. The number of methoxy groups -OCH3 is 1. The minimum Gasteiger partial charge on any atom is -0.393 e. The monoisotopic (exact) mass is 104 g/mol. The van der Waals surface area contributed by atoms with Gasteiger partial charge in [-0.15, -0.1) is 0 Å². The molecule has 0 aromatic rings. The van der Waals surface area contributed by atoms with Crippen LogP contribution >= 0.6 is 0 Å². The summed E-state index contributed by atoms with van der Waals surface area (Å²) < 4.78 is 4.69. The zero-order valence-electron chi connectivity index (χ0n) is 4.85. The van der Waals surface area contributed by atoms with E-state index in [1.807, 2.05) is 0 Å². The largest absolute Gasteiger partial charge is 0.393 e. The van der Waals surface area contributed by atoms with E-state index in [0.717, 1.165) is 6.42 Å². The molecule has 0 fully saturated rings. The van der Waals surface area contributed by atoms with Crippen LogP contribution in [0.4, 0.5) is 0 Å². The van der Waals surface area contributed by atoms with Crippen molar-refractivity contribution < 1.29 is 9.84 Å². The molecule has 0 radical (unpaired) electrons. The second-order valence-corrected chi connectivity index (χ2v) is 1.63. The Labute approximate surface area is 44.1 Å². The topological polar surface area (TPSA) is 29.5 Å². The van der Waals surface area contributed by atoms with Gasteiger partial charge in [0.15, 0.2) is 0 Å². The van der Waals surface area contributed by atoms with Crippen LogP contribution < -0.4 is 0 Å². The first-order chi connectivity index (χ1) is 3.27. The van der Waals surface area contributed by atoms with Crippen molar-refractivity contribution in [2.45, 2.75) is 19.4 Å². The average Bonchev–Trinajstić information content (AvgIpc) is 1.61. The van der Waals surface area contributed by atoms with Crippen LogP contribution in [0.2, 0.25) is 0 Å². The fraction of sp³-hybridized carbons (Fsp3) is 1.00. The van der Waals surface area contributed by atoms with Crippen LogP contribution in [0.25, 0.3) is 0 Å². The van der Waals surface area contributed by atoms with E-state index in [9.17, 15) is 0 Å². The maximum atomic E-state index is 8.60. The third-order valence-electron chi connectivity index (χ3n) is 0.740. The molecule has 2 heteroatoms. The smallest absolute Gasteiger partial charge is 0.0534 e. The summed E-state index contributed by atoms with van der Waals surface area (Å²) in [6.45, 7) is 2.40. The van der Waals surface area contributed by atoms with E-state index in [2.05, 4.69) is 0 Å². The molecular formula is C5H12O2. The van der Waals surface area contributed by atoms with Crippen LogP contribution in [0, 0.1) is 0 Å². The molecule has 0 bridgehead atoms. The van der Waals surface area contributed by atoms with Crippen molar-refractivity contribution in [2.24, 2.45) is 0 Å². The fourth-order valence-corrected chi connectivity index (χ4v) is 0.288. The van der Waals surface area contributed by atoms with Gasteiger partial charge in [-0.05, 0) is 13.3 Å². The molecule has 0 aliphatic rings. The summed E-state index contributed by atoms with van der Waals surface area (Å²) >= 11 is 0. The Morgan fingerprint density at radius 2 is 2.29 bits per heavy atom. The van der Waals surface area contributed by atoms with E-state index >= 15 is 0 Å². The fourth-order valence-electron chi connectivity index (χ4n) is 0.288. The van der Waals surface area contributed by atoms with Crippen molar-refractivity contribution >= 4 is 0 Å². The molecule has 7 heavy (non-hydrogen) atoms. The van der Waals surface area contributed by atoms with E-state index < -0.39 is 0 Å². The lowest BCUT2D eigenvalue weighted by Gasteiger charge is -1.99. The van der Waals surface area contributed by atoms with E-state index in [4.69, 9.17) is 9.84 Å². The number of aliphatic hydroxyl groups excluding tert-OH is 1. The second-order valence-electron chi connectivity index (χ2n) is 1.63. The van der Waals surface area contributed by atoms with Crippen molar-refractivity contribution in [1.82, 2.24) is 0 Å². The molecule has 1 atom stereocenters. The first kappa shape index (κ1) is 6.92. The third-order valence-corrected chi connectivity index (χ3v) is 0.740. The molecule has 1 unspecified atom stereocenters. The Bertz CT molecular complexity index is 35.1. The van der Waals surface area contributed by atoms with Crippen LogP contribution in [-0.2, 0) is 4.74 Å². The standard InChI is InChI=1S/C5H12O2/c1-5(6)3-4-7-2/h5-6H,3-4H2,1-2H3. The average molecular weight is 104 g/mol. The SMILES string of the molecule is COCCC(C)O. The first-order valence-electron chi connectivity index (χ1n) is 2.44. The molecule has 0 saturated carbocycles. The Balaban J connectivity index is 2.68. The van der Waals surface area contributed by atoms with Gasteiger partial charge in [-0.3, -0.25) is 0 Å². The van der Waals surface area contributed by atoms with E-state index in [1.54, 1.807) is 14.0 Å². The molecule has 0 aliphatic heterocycles. The van der Waals surface area contributed by atoms with Gasteiger partial charge >= 0.3 is 0 Å². The highest BCUT2D eigenvalue weighted by Gasteiger charge is 1.90. The quantitative estimate of drug-likeness (QED) is 0.561. The zero-order valence-corrected chi connectivity index (χ0v) is 4.85. The van der Waals surface area contributed by atoms with Gasteiger partial charge in [0, 0.05) is 13.7 Å². The summed E-state index contributed by atoms with van der Waals surface area (Å²) in [5.74, 6) is 0. The van der Waals surface area contributed by atoms with Crippen molar-refractivity contribution in [2.75, 3.05) is 13.7 Å². The zero-order chi connectivity index (χ0) is 5.70. The van der Waals surface area contributed by atoms with E-state index in [1.165, 1.54) is 0 Å². The van der Waals surface area contributed by atoms with Crippen LogP contribution in [0.15, 0.2) is 0 Å². The van der Waals surface area contributed by atoms with Crippen molar-refractivity contribution in [3.8, 4) is 0 Å². The third kappa shape index (κ3) is 5.92. The molecule has 0 amide bonds. The van der Waals surface area contributed by atoms with Crippen LogP contribution in [0.5, 0.6) is 0 Å². The summed E-state index contributed by atoms with van der Waals surface area (Å²) in [6, 6.07) is 0. The van der Waals surface area contributed by atoms with Gasteiger partial charge in [-0.25, -0.2) is 0 Å². The molecular weight excluding hydrogens is 92.1 g/mol. The number of ether oxygens (including phenoxy) is 1. The Morgan fingerprint density at radius 3 is 2.43 bits per heavy atom. The van der Waals surface area contributed by atoms with Crippen LogP contribution in [0.3, 0.4) is 0 Å². The highest BCUT2D eigenvalue weighted by atomic mass is 16.5. The molecule has 0 heterocycles. The van der Waals surface area contributed by atoms with E-state index in [0.29, 0.717) is 6.61 Å². The van der Waals surface area contributed by atoms with Gasteiger partial charge in [-0.1, -0.05) is 0 Å². The molecule has 0 aliphatic carbocycles. The van der Waals surface area contributed by atoms with Gasteiger partial charge in [0.1, 0.15) is 0 Å². The van der Waals surface area contributed by atoms with Crippen molar-refractivity contribution in [1.29, 1.82) is 0 Å². The first-order valence-corrected chi connectivity index (χ1v) is 2.44. The van der Waals surface area contributed by atoms with Crippen LogP contribution in [0.1, 0.15) is 13.3 Å². The lowest BCUT2D eigenvalue weighted by atomic mass is 10.3. The van der Waals surface area contributed by atoms with Gasteiger partial charge in [0.25, 0.3) is 0 Å². The maximum absolute atomic E-state index is 8.60. The molecule has 44 valence electrons. The van der Waals surface area contributed by atoms with Gasteiger partial charge in [-0.2, -0.15) is 0 Å². The molecule has 0 rings (SSSR count). The molecule has 0 saturated heterocycles. The molecule has 0 aromatic heterocycles. The number of rotatable bonds is 3. The van der Waals surface area contributed by atoms with Gasteiger partial charge in [0.05, 0.1) is 6.10 Å². The summed E-state index contributed by atoms with van der Waals surface area (Å²) in [5, 5.41) is 8.60. The van der Waals surface area contributed by atoms with Crippen molar-refractivity contribution in [3.05, 3.63) is 0 Å². The van der Waals surface area contributed by atoms with Gasteiger partial charge < -0.3 is 9.84 Å². The van der Waals surface area contributed by atoms with E-state index in [-0.39, 0.29) is 6.10 Å². The maximum Gasteiger partial charge on any atom is 0.0534 e. The normalized spacial score (nSPS) is 14.1. The number of aliphatic hydroxyl groups is 1. The summed E-state index contributed by atoms with van der Waals surface area (Å²) in [5.41, 5.74) is 0. The Hall–Kier alpha value is -0.0800. The highest BCUT2D eigenvalue weighted by Crippen LogP contribution is 1.86. The Morgan fingerprint density at radius 1 is 1.71 bits per heavy atom. The molecule has 2 nitrogen and oxygen atoms in total. The van der Waals surface area contributed by atoms with Crippen molar-refractivity contribution in [3.63, 3.8) is 0 Å². The number of hydrogen-bond acceptors (Lipinski definition) is 2. The molecule has 0 spiro atoms. The molecule has 1 N–H and O–H groups in total. The predicted molar refractivity (Wildman–Crippen MR) is 28.2 cm³/mol. The highest BCUT2D eigenvalue weighted by molar-refractivity contribution is 4.42. The van der Waals surface area contributed by atoms with Gasteiger partial charge in [0.2, 0.25) is 0 Å². The second kappa shape index (κ2) is 4.09. The molecule has 0 aromatic carbocycles. The minimum absolute atomic E-state index is 0.222. The lowest BCUT2D eigenvalue weighted by molar-refractivity contribution is 0.121. The predicted octanol–water partition coefficient (Wildman–Crippen LogP) is 0.404. The lowest BCUT2D eigenvalue weighted by Crippen LogP contribution is -2.03.